The van der Waals surface area contributed by atoms with Gasteiger partial charge in [0.05, 0.1) is 12.4 Å². The highest BCUT2D eigenvalue weighted by Gasteiger charge is 2.22. The molecule has 0 saturated heterocycles. The van der Waals surface area contributed by atoms with E-state index >= 15 is 0 Å². The monoisotopic (exact) mass is 397 g/mol. The molecule has 0 fully saturated rings. The van der Waals surface area contributed by atoms with E-state index < -0.39 is 10.0 Å². The Labute approximate surface area is 161 Å². The van der Waals surface area contributed by atoms with Gasteiger partial charge < -0.3 is 0 Å². The third kappa shape index (κ3) is 3.46. The molecule has 4 rings (SSSR count). The maximum Gasteiger partial charge on any atom is 0.374 e. The highest BCUT2D eigenvalue weighted by molar-refractivity contribution is 7.90. The van der Waals surface area contributed by atoms with Crippen LogP contribution in [0, 0.1) is 13.8 Å². The molecule has 1 atom stereocenters. The van der Waals surface area contributed by atoms with Crippen LogP contribution in [0.2, 0.25) is 0 Å². The number of thiophene rings is 1. The van der Waals surface area contributed by atoms with E-state index in [0.717, 1.165) is 11.1 Å². The van der Waals surface area contributed by atoms with Crippen LogP contribution in [0.15, 0.2) is 68.8 Å². The summed E-state index contributed by atoms with van der Waals surface area (Å²) in [6, 6.07) is 12.7. The maximum absolute atomic E-state index is 12.8. The lowest BCUT2D eigenvalue weighted by molar-refractivity contribution is -0.599. The molecule has 0 amide bonds. The number of aryl methyl sites for hydroxylation is 2. The van der Waals surface area contributed by atoms with E-state index in [2.05, 4.69) is 14.3 Å². The quantitative estimate of drug-likeness (QED) is 0.525. The zero-order valence-corrected chi connectivity index (χ0v) is 16.4. The Morgan fingerprint density at radius 3 is 2.44 bits per heavy atom. The van der Waals surface area contributed by atoms with Crippen molar-refractivity contribution in [2.75, 3.05) is 0 Å². The molecule has 1 unspecified atom stereocenters. The van der Waals surface area contributed by atoms with Gasteiger partial charge in [0, 0.05) is 0 Å². The Kier molecular flexibility index (Phi) is 4.47. The van der Waals surface area contributed by atoms with Crippen molar-refractivity contribution in [2.45, 2.75) is 18.1 Å². The standard InChI is InChI=1S/C19H16N4O2S2/c1-13-9-10-23(12-14(13)2)19-18(20-15-6-3-4-7-16(15)21-19)22-27(24,25)17-8-5-11-26-17/h3-12H,1-2H3/p+1. The second-order valence-corrected chi connectivity index (χ2v) is 8.92. The second-order valence-electron chi connectivity index (χ2n) is 6.10. The van der Waals surface area contributed by atoms with Crippen LogP contribution in [-0.2, 0) is 10.0 Å². The minimum atomic E-state index is -3.61. The highest BCUT2D eigenvalue weighted by Crippen LogP contribution is 2.25. The van der Waals surface area contributed by atoms with E-state index in [1.165, 1.54) is 11.3 Å². The average Bonchev–Trinajstić information content (AvgIpc) is 3.19. The van der Waals surface area contributed by atoms with Gasteiger partial charge in [-0.15, -0.1) is 15.7 Å². The highest BCUT2D eigenvalue weighted by atomic mass is 32.3. The summed E-state index contributed by atoms with van der Waals surface area (Å²) in [4.78, 5) is 9.17. The first kappa shape index (κ1) is 17.7. The van der Waals surface area contributed by atoms with E-state index in [4.69, 9.17) is 0 Å². The zero-order valence-electron chi connectivity index (χ0n) is 14.7. The number of fused-ring (bicyclic) bond motifs is 1. The number of pyridine rings is 1. The average molecular weight is 398 g/mol. The normalized spacial score (nSPS) is 13.4. The Morgan fingerprint density at radius 1 is 1.04 bits per heavy atom. The molecule has 0 saturated carbocycles. The van der Waals surface area contributed by atoms with Gasteiger partial charge in [0.2, 0.25) is 15.5 Å². The Balaban J connectivity index is 2.01. The molecule has 6 nitrogen and oxygen atoms in total. The predicted molar refractivity (Wildman–Crippen MR) is 106 cm³/mol. The van der Waals surface area contributed by atoms with Crippen LogP contribution in [0.3, 0.4) is 0 Å². The van der Waals surface area contributed by atoms with Crippen LogP contribution >= 0.6 is 11.3 Å². The summed E-state index contributed by atoms with van der Waals surface area (Å²) in [7, 11) is -3.61. The molecule has 1 N–H and O–H groups in total. The van der Waals surface area contributed by atoms with Crippen molar-refractivity contribution in [3.05, 3.63) is 71.4 Å². The van der Waals surface area contributed by atoms with E-state index in [9.17, 15) is 8.76 Å². The van der Waals surface area contributed by atoms with Gasteiger partial charge in [-0.2, -0.15) is 4.57 Å². The molecule has 0 aliphatic carbocycles. The summed E-state index contributed by atoms with van der Waals surface area (Å²) in [6.07, 6.45) is 3.77. The van der Waals surface area contributed by atoms with Gasteiger partial charge in [-0.1, -0.05) is 18.2 Å². The largest absolute Gasteiger partial charge is 0.374 e. The lowest BCUT2D eigenvalue weighted by Gasteiger charge is -2.05. The predicted octanol–water partition coefficient (Wildman–Crippen LogP) is 4.22. The lowest BCUT2D eigenvalue weighted by Crippen LogP contribution is -2.32. The number of nitrogens with zero attached hydrogens (tertiary/aromatic N) is 4. The summed E-state index contributed by atoms with van der Waals surface area (Å²) < 4.78 is 29.4. The Bertz CT molecular complexity index is 1260. The van der Waals surface area contributed by atoms with Crippen LogP contribution in [0.25, 0.3) is 16.9 Å². The molecule has 0 radical (unpaired) electrons. The van der Waals surface area contributed by atoms with Crippen molar-refractivity contribution in [3.8, 4) is 5.82 Å². The van der Waals surface area contributed by atoms with Crippen LogP contribution in [0.4, 0.5) is 5.82 Å². The molecule has 8 heteroatoms. The third-order valence-electron chi connectivity index (χ3n) is 4.19. The van der Waals surface area contributed by atoms with Gasteiger partial charge >= 0.3 is 5.82 Å². The van der Waals surface area contributed by atoms with Gasteiger partial charge in [0.15, 0.2) is 0 Å². The maximum atomic E-state index is 12.8. The van der Waals surface area contributed by atoms with Gasteiger partial charge in [0.25, 0.3) is 5.82 Å². The molecule has 0 spiro atoms. The molecule has 4 aromatic rings. The molecule has 1 aromatic carbocycles. The molecular weight excluding hydrogens is 380 g/mol. The van der Waals surface area contributed by atoms with Gasteiger partial charge in [-0.25, -0.2) is 9.19 Å². The van der Waals surface area contributed by atoms with Crippen LogP contribution in [-0.4, -0.2) is 18.7 Å². The second kappa shape index (κ2) is 6.80. The minimum Gasteiger partial charge on any atom is -0.296 e. The number of para-hydroxylation sites is 2. The Morgan fingerprint density at radius 2 is 1.78 bits per heavy atom. The SMILES string of the molecule is Cc1cc[n+](-c2nc3ccccc3nc2N=S(=O)(O)c2cccs2)cc1C. The summed E-state index contributed by atoms with van der Waals surface area (Å²) in [5.41, 5.74) is 3.52. The molecular formula is C19H17N4O2S2+. The van der Waals surface area contributed by atoms with Gasteiger partial charge in [0.1, 0.15) is 9.73 Å². The first-order chi connectivity index (χ1) is 12.9. The van der Waals surface area contributed by atoms with Crippen molar-refractivity contribution in [3.63, 3.8) is 0 Å². The summed E-state index contributed by atoms with van der Waals surface area (Å²) in [5, 5.41) is 1.74. The summed E-state index contributed by atoms with van der Waals surface area (Å²) >= 11 is 1.18. The van der Waals surface area contributed by atoms with Crippen LogP contribution < -0.4 is 4.57 Å². The van der Waals surface area contributed by atoms with E-state index in [1.807, 2.05) is 50.5 Å². The fourth-order valence-electron chi connectivity index (χ4n) is 2.60. The fourth-order valence-corrected chi connectivity index (χ4v) is 4.53. The topological polar surface area (TPSA) is 79.3 Å². The molecule has 0 aliphatic heterocycles. The molecule has 136 valence electrons. The number of rotatable bonds is 3. The number of hydrogen-bond donors (Lipinski definition) is 1. The van der Waals surface area contributed by atoms with E-state index in [-0.39, 0.29) is 10.0 Å². The minimum absolute atomic E-state index is 0.128. The zero-order chi connectivity index (χ0) is 19.0. The summed E-state index contributed by atoms with van der Waals surface area (Å²) in [6.45, 7) is 4.02. The van der Waals surface area contributed by atoms with Gasteiger partial charge in [-0.3, -0.25) is 4.55 Å². The van der Waals surface area contributed by atoms with Crippen molar-refractivity contribution < 1.29 is 13.3 Å². The van der Waals surface area contributed by atoms with E-state index in [0.29, 0.717) is 16.9 Å². The third-order valence-corrected chi connectivity index (χ3v) is 6.87. The van der Waals surface area contributed by atoms with Crippen molar-refractivity contribution in [1.29, 1.82) is 0 Å². The number of aromatic nitrogens is 3. The molecule has 0 aliphatic rings. The number of hydrogen-bond acceptors (Lipinski definition) is 5. The number of benzene rings is 1. The van der Waals surface area contributed by atoms with Crippen LogP contribution in [0.5, 0.6) is 0 Å². The first-order valence-corrected chi connectivity index (χ1v) is 10.6. The molecule has 3 heterocycles. The molecule has 27 heavy (non-hydrogen) atoms. The van der Waals surface area contributed by atoms with Crippen molar-refractivity contribution in [1.82, 2.24) is 9.97 Å². The molecule has 0 bridgehead atoms. The molecule has 3 aromatic heterocycles. The van der Waals surface area contributed by atoms with Gasteiger partial charge in [-0.05, 0) is 59.6 Å². The first-order valence-electron chi connectivity index (χ1n) is 8.23. The van der Waals surface area contributed by atoms with E-state index in [1.54, 1.807) is 28.1 Å². The van der Waals surface area contributed by atoms with Crippen molar-refractivity contribution >= 4 is 38.2 Å². The smallest absolute Gasteiger partial charge is 0.296 e. The fraction of sp³-hybridized carbons (Fsp3) is 0.105. The lowest BCUT2D eigenvalue weighted by atomic mass is 10.2. The Hall–Kier alpha value is -2.68. The van der Waals surface area contributed by atoms with Crippen LogP contribution in [0.1, 0.15) is 11.1 Å². The summed E-state index contributed by atoms with van der Waals surface area (Å²) in [5.74, 6) is 0.540. The van der Waals surface area contributed by atoms with Crippen molar-refractivity contribution in [2.24, 2.45) is 4.36 Å².